The van der Waals surface area contributed by atoms with Gasteiger partial charge < -0.3 is 0 Å². The average molecular weight is 297 g/mol. The molecule has 16 heavy (non-hydrogen) atoms. The highest BCUT2D eigenvalue weighted by atomic mass is 79.9. The van der Waals surface area contributed by atoms with E-state index in [-0.39, 0.29) is 0 Å². The molecule has 1 heterocycles. The maximum Gasteiger partial charge on any atom is 0.0663 e. The van der Waals surface area contributed by atoms with Gasteiger partial charge in [0.15, 0.2) is 0 Å². The van der Waals surface area contributed by atoms with Crippen molar-refractivity contribution in [1.29, 1.82) is 0 Å². The molecule has 0 fully saturated rings. The van der Waals surface area contributed by atoms with Crippen LogP contribution in [0, 0.1) is 13.8 Å². The highest BCUT2D eigenvalue weighted by Crippen LogP contribution is 2.36. The highest BCUT2D eigenvalue weighted by molar-refractivity contribution is 9.10. The minimum Gasteiger partial charge on any atom is -0.257 e. The zero-order valence-electron chi connectivity index (χ0n) is 9.09. The summed E-state index contributed by atoms with van der Waals surface area (Å²) < 4.78 is 0.874. The Bertz CT molecular complexity index is 523. The molecule has 0 aliphatic rings. The van der Waals surface area contributed by atoms with Crippen LogP contribution in [0.3, 0.4) is 0 Å². The van der Waals surface area contributed by atoms with Gasteiger partial charge in [0.25, 0.3) is 0 Å². The van der Waals surface area contributed by atoms with Crippen LogP contribution in [0.15, 0.2) is 34.8 Å². The summed E-state index contributed by atoms with van der Waals surface area (Å²) in [6.45, 7) is 3.92. The van der Waals surface area contributed by atoms with E-state index in [0.717, 1.165) is 32.0 Å². The number of pyridine rings is 1. The van der Waals surface area contributed by atoms with Crippen LogP contribution in [0.25, 0.3) is 11.1 Å². The number of hydrogen-bond donors (Lipinski definition) is 0. The topological polar surface area (TPSA) is 12.9 Å². The minimum absolute atomic E-state index is 0.733. The molecule has 1 aromatic carbocycles. The lowest BCUT2D eigenvalue weighted by Crippen LogP contribution is -1.94. The second-order valence-electron chi connectivity index (χ2n) is 3.65. The van der Waals surface area contributed by atoms with E-state index in [1.807, 2.05) is 44.2 Å². The Hall–Kier alpha value is -0.860. The summed E-state index contributed by atoms with van der Waals surface area (Å²) in [6.07, 6.45) is 0. The molecule has 0 unspecified atom stereocenters. The van der Waals surface area contributed by atoms with Crippen LogP contribution < -0.4 is 0 Å². The second-order valence-corrected chi connectivity index (χ2v) is 4.82. The van der Waals surface area contributed by atoms with Crippen molar-refractivity contribution in [3.8, 4) is 11.1 Å². The Balaban J connectivity index is 2.71. The molecule has 0 saturated heterocycles. The van der Waals surface area contributed by atoms with Crippen LogP contribution >= 0.6 is 27.5 Å². The fourth-order valence-corrected chi connectivity index (χ4v) is 2.39. The van der Waals surface area contributed by atoms with E-state index >= 15 is 0 Å². The number of nitrogens with zero attached hydrogens (tertiary/aromatic N) is 1. The van der Waals surface area contributed by atoms with Gasteiger partial charge >= 0.3 is 0 Å². The van der Waals surface area contributed by atoms with Crippen molar-refractivity contribution in [2.24, 2.45) is 0 Å². The van der Waals surface area contributed by atoms with Gasteiger partial charge in [-0.25, -0.2) is 0 Å². The van der Waals surface area contributed by atoms with Gasteiger partial charge in [0.05, 0.1) is 15.2 Å². The first-order valence-electron chi connectivity index (χ1n) is 4.99. The Morgan fingerprint density at radius 3 is 2.31 bits per heavy atom. The summed E-state index contributed by atoms with van der Waals surface area (Å²) in [5, 5.41) is 0.733. The Kier molecular flexibility index (Phi) is 3.31. The number of hydrogen-bond acceptors (Lipinski definition) is 1. The highest BCUT2D eigenvalue weighted by Gasteiger charge is 2.13. The lowest BCUT2D eigenvalue weighted by molar-refractivity contribution is 1.11. The van der Waals surface area contributed by atoms with E-state index in [1.165, 1.54) is 0 Å². The maximum absolute atomic E-state index is 6.35. The van der Waals surface area contributed by atoms with E-state index in [4.69, 9.17) is 11.6 Å². The van der Waals surface area contributed by atoms with Gasteiger partial charge in [0.1, 0.15) is 0 Å². The fourth-order valence-electron chi connectivity index (χ4n) is 1.72. The largest absolute Gasteiger partial charge is 0.257 e. The molecule has 1 nitrogen and oxygen atoms in total. The molecular formula is C13H11BrClN. The van der Waals surface area contributed by atoms with Crippen molar-refractivity contribution in [3.05, 3.63) is 51.2 Å². The van der Waals surface area contributed by atoms with E-state index in [0.29, 0.717) is 0 Å². The molecule has 0 aliphatic carbocycles. The molecule has 3 heteroatoms. The summed E-state index contributed by atoms with van der Waals surface area (Å²) in [6, 6.07) is 10.1. The molecule has 0 spiro atoms. The smallest absolute Gasteiger partial charge is 0.0663 e. The molecule has 0 atom stereocenters. The van der Waals surface area contributed by atoms with Crippen molar-refractivity contribution in [2.45, 2.75) is 13.8 Å². The van der Waals surface area contributed by atoms with Crippen molar-refractivity contribution in [2.75, 3.05) is 0 Å². The third-order valence-electron chi connectivity index (χ3n) is 2.49. The third kappa shape index (κ3) is 2.00. The van der Waals surface area contributed by atoms with Crippen LogP contribution in [0.1, 0.15) is 11.4 Å². The number of aryl methyl sites for hydroxylation is 2. The first-order chi connectivity index (χ1) is 7.61. The quantitative estimate of drug-likeness (QED) is 0.738. The molecule has 1 aromatic heterocycles. The molecule has 0 aliphatic heterocycles. The lowest BCUT2D eigenvalue weighted by atomic mass is 10.0. The normalized spacial score (nSPS) is 10.5. The van der Waals surface area contributed by atoms with E-state index in [2.05, 4.69) is 20.9 Å². The minimum atomic E-state index is 0.733. The summed E-state index contributed by atoms with van der Waals surface area (Å²) in [7, 11) is 0. The van der Waals surface area contributed by atoms with Crippen molar-refractivity contribution in [3.63, 3.8) is 0 Å². The average Bonchev–Trinajstić information content (AvgIpc) is 2.28. The molecule has 2 aromatic rings. The first-order valence-corrected chi connectivity index (χ1v) is 6.16. The summed E-state index contributed by atoms with van der Waals surface area (Å²) in [5.74, 6) is 0. The molecule has 0 amide bonds. The van der Waals surface area contributed by atoms with E-state index in [1.54, 1.807) is 0 Å². The standard InChI is InChI=1S/C13H11BrClN/c1-8-11(10-6-4-3-5-7-10)13(15)12(14)9(2)16-8/h3-7H,1-2H3. The van der Waals surface area contributed by atoms with E-state index in [9.17, 15) is 0 Å². The van der Waals surface area contributed by atoms with Crippen LogP contribution in [-0.4, -0.2) is 4.98 Å². The SMILES string of the molecule is Cc1nc(C)c(-c2ccccc2)c(Cl)c1Br. The molecule has 0 bridgehead atoms. The molecule has 82 valence electrons. The zero-order chi connectivity index (χ0) is 11.7. The van der Waals surface area contributed by atoms with Gasteiger partial charge in [0, 0.05) is 11.3 Å². The van der Waals surface area contributed by atoms with Crippen molar-refractivity contribution < 1.29 is 0 Å². The second kappa shape index (κ2) is 4.56. The van der Waals surface area contributed by atoms with E-state index < -0.39 is 0 Å². The molecule has 0 N–H and O–H groups in total. The molecule has 2 rings (SSSR count). The molecular weight excluding hydrogens is 286 g/mol. The number of rotatable bonds is 1. The number of halogens is 2. The molecule has 0 radical (unpaired) electrons. The Labute approximate surface area is 109 Å². The van der Waals surface area contributed by atoms with Crippen molar-refractivity contribution >= 4 is 27.5 Å². The van der Waals surface area contributed by atoms with Gasteiger partial charge in [-0.05, 0) is 35.3 Å². The zero-order valence-corrected chi connectivity index (χ0v) is 11.4. The fraction of sp³-hybridized carbons (Fsp3) is 0.154. The van der Waals surface area contributed by atoms with Gasteiger partial charge in [-0.15, -0.1) is 0 Å². The summed E-state index contributed by atoms with van der Waals surface area (Å²) >= 11 is 9.82. The first kappa shape index (κ1) is 11.6. The van der Waals surface area contributed by atoms with Gasteiger partial charge in [0.2, 0.25) is 0 Å². The predicted molar refractivity (Wildman–Crippen MR) is 71.9 cm³/mol. The number of aromatic nitrogens is 1. The summed E-state index contributed by atoms with van der Waals surface area (Å²) in [5.41, 5.74) is 3.97. The predicted octanol–water partition coefficient (Wildman–Crippen LogP) is 4.78. The van der Waals surface area contributed by atoms with Crippen molar-refractivity contribution in [1.82, 2.24) is 4.98 Å². The Morgan fingerprint density at radius 2 is 1.69 bits per heavy atom. The van der Waals surface area contributed by atoms with Crippen LogP contribution in [0.4, 0.5) is 0 Å². The Morgan fingerprint density at radius 1 is 1.06 bits per heavy atom. The molecule has 0 saturated carbocycles. The van der Waals surface area contributed by atoms with Crippen LogP contribution in [0.2, 0.25) is 5.02 Å². The summed E-state index contributed by atoms with van der Waals surface area (Å²) in [4.78, 5) is 4.48. The van der Waals surface area contributed by atoms with Crippen LogP contribution in [0.5, 0.6) is 0 Å². The van der Waals surface area contributed by atoms with Gasteiger partial charge in [-0.1, -0.05) is 41.9 Å². The van der Waals surface area contributed by atoms with Gasteiger partial charge in [-0.2, -0.15) is 0 Å². The third-order valence-corrected chi connectivity index (χ3v) is 4.07. The van der Waals surface area contributed by atoms with Crippen LogP contribution in [-0.2, 0) is 0 Å². The number of benzene rings is 1. The lowest BCUT2D eigenvalue weighted by Gasteiger charge is -2.11. The maximum atomic E-state index is 6.35. The monoisotopic (exact) mass is 295 g/mol. The van der Waals surface area contributed by atoms with Gasteiger partial charge in [-0.3, -0.25) is 4.98 Å².